The van der Waals surface area contributed by atoms with Crippen molar-refractivity contribution in [3.8, 4) is 0 Å². The molecule has 2 N–H and O–H groups in total. The first-order chi connectivity index (χ1) is 8.61. The first kappa shape index (κ1) is 12.5. The smallest absolute Gasteiger partial charge is 0.305 e. The molecule has 0 aliphatic heterocycles. The zero-order valence-corrected chi connectivity index (χ0v) is 9.73. The van der Waals surface area contributed by atoms with Gasteiger partial charge in [-0.1, -0.05) is 12.1 Å². The van der Waals surface area contributed by atoms with Gasteiger partial charge in [0, 0.05) is 0 Å². The summed E-state index contributed by atoms with van der Waals surface area (Å²) < 4.78 is 13.6. The number of amides is 1. The van der Waals surface area contributed by atoms with Crippen molar-refractivity contribution in [2.24, 2.45) is 0 Å². The predicted octanol–water partition coefficient (Wildman–Crippen LogP) is 1.96. The molecule has 1 fully saturated rings. The number of halogens is 1. The third-order valence-electron chi connectivity index (χ3n) is 3.09. The molecule has 1 saturated carbocycles. The molecule has 1 aromatic rings. The molecule has 0 spiro atoms. The Morgan fingerprint density at radius 3 is 2.83 bits per heavy atom. The normalized spacial score (nSPS) is 16.1. The van der Waals surface area contributed by atoms with Gasteiger partial charge in [0.2, 0.25) is 6.41 Å². The largest absolute Gasteiger partial charge is 0.481 e. The van der Waals surface area contributed by atoms with Crippen molar-refractivity contribution in [1.82, 2.24) is 5.32 Å². The zero-order chi connectivity index (χ0) is 13.1. The molecule has 1 unspecified atom stereocenters. The molecule has 0 saturated heterocycles. The van der Waals surface area contributed by atoms with E-state index in [1.54, 1.807) is 6.07 Å². The topological polar surface area (TPSA) is 66.4 Å². The zero-order valence-electron chi connectivity index (χ0n) is 9.73. The summed E-state index contributed by atoms with van der Waals surface area (Å²) in [5, 5.41) is 11.2. The van der Waals surface area contributed by atoms with Crippen molar-refractivity contribution in [2.75, 3.05) is 0 Å². The number of carboxylic acid groups (broad SMARTS) is 1. The Labute approximate surface area is 104 Å². The molecule has 0 radical (unpaired) electrons. The van der Waals surface area contributed by atoms with Gasteiger partial charge in [-0.2, -0.15) is 0 Å². The van der Waals surface area contributed by atoms with Crippen LogP contribution >= 0.6 is 0 Å². The maximum Gasteiger partial charge on any atom is 0.305 e. The van der Waals surface area contributed by atoms with Crippen molar-refractivity contribution < 1.29 is 19.1 Å². The molecular formula is C13H14FNO3. The summed E-state index contributed by atoms with van der Waals surface area (Å²) in [5.41, 5.74) is 1.25. The molecular weight excluding hydrogens is 237 g/mol. The fourth-order valence-electron chi connectivity index (χ4n) is 2.02. The summed E-state index contributed by atoms with van der Waals surface area (Å²) in [7, 11) is 0. The maximum absolute atomic E-state index is 13.6. The summed E-state index contributed by atoms with van der Waals surface area (Å²) >= 11 is 0. The molecule has 2 rings (SSSR count). The molecule has 1 aromatic carbocycles. The van der Waals surface area contributed by atoms with Gasteiger partial charge in [0.25, 0.3) is 0 Å². The molecule has 18 heavy (non-hydrogen) atoms. The number of hydrogen-bond donors (Lipinski definition) is 2. The number of aliphatic carboxylic acids is 1. The van der Waals surface area contributed by atoms with Gasteiger partial charge in [0.15, 0.2) is 0 Å². The van der Waals surface area contributed by atoms with E-state index in [-0.39, 0.29) is 18.2 Å². The highest BCUT2D eigenvalue weighted by Gasteiger charge is 2.27. The van der Waals surface area contributed by atoms with Gasteiger partial charge in [0.05, 0.1) is 12.5 Å². The third-order valence-corrected chi connectivity index (χ3v) is 3.09. The summed E-state index contributed by atoms with van der Waals surface area (Å²) in [4.78, 5) is 21.2. The lowest BCUT2D eigenvalue weighted by Gasteiger charge is -2.15. The Balaban J connectivity index is 2.25. The molecule has 5 heteroatoms. The number of benzene rings is 1. The van der Waals surface area contributed by atoms with Crippen LogP contribution in [0.2, 0.25) is 0 Å². The summed E-state index contributed by atoms with van der Waals surface area (Å²) in [6, 6.07) is 3.91. The number of carboxylic acids is 1. The quantitative estimate of drug-likeness (QED) is 0.759. The molecule has 1 aliphatic rings. The number of carbonyl (C=O) groups is 2. The minimum absolute atomic E-state index is 0.214. The van der Waals surface area contributed by atoms with Gasteiger partial charge in [0.1, 0.15) is 5.82 Å². The summed E-state index contributed by atoms with van der Waals surface area (Å²) in [5.74, 6) is -1.03. The SMILES string of the molecule is O=CNC(CC(=O)O)c1ccc(F)c(C2CC2)c1. The van der Waals surface area contributed by atoms with Crippen LogP contribution in [-0.4, -0.2) is 17.5 Å². The van der Waals surface area contributed by atoms with E-state index in [1.807, 2.05) is 0 Å². The lowest BCUT2D eigenvalue weighted by molar-refractivity contribution is -0.137. The number of carbonyl (C=O) groups excluding carboxylic acids is 1. The second-order valence-corrected chi connectivity index (χ2v) is 4.49. The Morgan fingerprint density at radius 1 is 1.56 bits per heavy atom. The highest BCUT2D eigenvalue weighted by Crippen LogP contribution is 2.42. The highest BCUT2D eigenvalue weighted by atomic mass is 19.1. The Kier molecular flexibility index (Phi) is 3.60. The predicted molar refractivity (Wildman–Crippen MR) is 62.6 cm³/mol. The molecule has 1 atom stereocenters. The molecule has 0 heterocycles. The number of hydrogen-bond acceptors (Lipinski definition) is 2. The van der Waals surface area contributed by atoms with Crippen LogP contribution in [0.15, 0.2) is 18.2 Å². The van der Waals surface area contributed by atoms with Crippen molar-refractivity contribution >= 4 is 12.4 Å². The minimum Gasteiger partial charge on any atom is -0.481 e. The van der Waals surface area contributed by atoms with Crippen LogP contribution in [0.1, 0.15) is 42.3 Å². The van der Waals surface area contributed by atoms with E-state index in [1.165, 1.54) is 12.1 Å². The highest BCUT2D eigenvalue weighted by molar-refractivity contribution is 5.68. The van der Waals surface area contributed by atoms with Crippen LogP contribution in [0.4, 0.5) is 4.39 Å². The molecule has 0 aromatic heterocycles. The molecule has 4 nitrogen and oxygen atoms in total. The van der Waals surface area contributed by atoms with E-state index < -0.39 is 12.0 Å². The van der Waals surface area contributed by atoms with Crippen molar-refractivity contribution in [2.45, 2.75) is 31.2 Å². The second-order valence-electron chi connectivity index (χ2n) is 4.49. The van der Waals surface area contributed by atoms with E-state index in [9.17, 15) is 14.0 Å². The van der Waals surface area contributed by atoms with Crippen molar-refractivity contribution in [3.63, 3.8) is 0 Å². The first-order valence-corrected chi connectivity index (χ1v) is 5.82. The summed E-state index contributed by atoms with van der Waals surface area (Å²) in [6.45, 7) is 0. The van der Waals surface area contributed by atoms with Gasteiger partial charge < -0.3 is 10.4 Å². The number of nitrogens with one attached hydrogen (secondary N) is 1. The number of rotatable bonds is 6. The summed E-state index contributed by atoms with van der Waals surface area (Å²) in [6.07, 6.45) is 2.18. The van der Waals surface area contributed by atoms with E-state index >= 15 is 0 Å². The van der Waals surface area contributed by atoms with Crippen LogP contribution in [0, 0.1) is 5.82 Å². The van der Waals surface area contributed by atoms with Crippen molar-refractivity contribution in [3.05, 3.63) is 35.1 Å². The van der Waals surface area contributed by atoms with Crippen LogP contribution in [0.25, 0.3) is 0 Å². The van der Waals surface area contributed by atoms with E-state index in [2.05, 4.69) is 5.32 Å². The first-order valence-electron chi connectivity index (χ1n) is 5.82. The minimum atomic E-state index is -1.01. The average molecular weight is 251 g/mol. The van der Waals surface area contributed by atoms with Gasteiger partial charge in [-0.3, -0.25) is 9.59 Å². The lowest BCUT2D eigenvalue weighted by atomic mass is 9.99. The average Bonchev–Trinajstić information content (AvgIpc) is 3.12. The second kappa shape index (κ2) is 5.16. The Morgan fingerprint density at radius 2 is 2.28 bits per heavy atom. The van der Waals surface area contributed by atoms with Gasteiger partial charge in [-0.15, -0.1) is 0 Å². The molecule has 1 aliphatic carbocycles. The molecule has 1 amide bonds. The van der Waals surface area contributed by atoms with Crippen LogP contribution in [-0.2, 0) is 9.59 Å². The van der Waals surface area contributed by atoms with E-state index in [4.69, 9.17) is 5.11 Å². The van der Waals surface area contributed by atoms with Crippen LogP contribution < -0.4 is 5.32 Å². The van der Waals surface area contributed by atoms with Crippen molar-refractivity contribution in [1.29, 1.82) is 0 Å². The molecule has 0 bridgehead atoms. The fraction of sp³-hybridized carbons (Fsp3) is 0.385. The van der Waals surface area contributed by atoms with E-state index in [0.29, 0.717) is 17.5 Å². The maximum atomic E-state index is 13.6. The van der Waals surface area contributed by atoms with Gasteiger partial charge in [-0.25, -0.2) is 4.39 Å². The van der Waals surface area contributed by atoms with E-state index in [0.717, 1.165) is 12.8 Å². The fourth-order valence-corrected chi connectivity index (χ4v) is 2.02. The van der Waals surface area contributed by atoms with Gasteiger partial charge >= 0.3 is 5.97 Å². The van der Waals surface area contributed by atoms with Crippen LogP contribution in [0.3, 0.4) is 0 Å². The molecule has 96 valence electrons. The van der Waals surface area contributed by atoms with Crippen LogP contribution in [0.5, 0.6) is 0 Å². The van der Waals surface area contributed by atoms with Gasteiger partial charge in [-0.05, 0) is 36.0 Å². The third kappa shape index (κ3) is 2.85. The lowest BCUT2D eigenvalue weighted by Crippen LogP contribution is -2.22. The Bertz CT molecular complexity index is 471. The standard InChI is InChI=1S/C13H14FNO3/c14-11-4-3-9(5-10(11)8-1-2-8)12(15-7-16)6-13(17)18/h3-5,7-8,12H,1-2,6H2,(H,15,16)(H,17,18). The monoisotopic (exact) mass is 251 g/mol. The Hall–Kier alpha value is -1.91.